The number of fused-ring (bicyclic) bond motifs is 1. The van der Waals surface area contributed by atoms with E-state index in [2.05, 4.69) is 25.6 Å². The molecule has 210 valence electrons. The van der Waals surface area contributed by atoms with Gasteiger partial charge >= 0.3 is 0 Å². The number of imidazole rings is 1. The minimum Gasteiger partial charge on any atom is -0.383 e. The van der Waals surface area contributed by atoms with Crippen LogP contribution in [0.2, 0.25) is 0 Å². The molecule has 1 aliphatic rings. The van der Waals surface area contributed by atoms with Gasteiger partial charge < -0.3 is 29.9 Å². The molecule has 1 aliphatic heterocycles. The van der Waals surface area contributed by atoms with Gasteiger partial charge in [-0.15, -0.1) is 0 Å². The van der Waals surface area contributed by atoms with Gasteiger partial charge in [0.15, 0.2) is 5.82 Å². The Morgan fingerprint density at radius 3 is 2.59 bits per heavy atom. The summed E-state index contributed by atoms with van der Waals surface area (Å²) in [7, 11) is 3.04. The van der Waals surface area contributed by atoms with E-state index in [-0.39, 0.29) is 30.1 Å². The molecule has 0 saturated carbocycles. The summed E-state index contributed by atoms with van der Waals surface area (Å²) in [5.74, 6) is -0.393. The van der Waals surface area contributed by atoms with Crippen molar-refractivity contribution in [1.29, 1.82) is 0 Å². The third-order valence-corrected chi connectivity index (χ3v) is 6.15. The second kappa shape index (κ2) is 12.8. The zero-order valence-electron chi connectivity index (χ0n) is 22.1. The number of alkyl halides is 2. The number of halogens is 2. The summed E-state index contributed by atoms with van der Waals surface area (Å²) in [6, 6.07) is 7.62. The summed E-state index contributed by atoms with van der Waals surface area (Å²) in [6.45, 7) is 4.25. The van der Waals surface area contributed by atoms with Crippen molar-refractivity contribution in [3.05, 3.63) is 36.2 Å². The average molecular weight is 547 g/mol. The first kappa shape index (κ1) is 28.1. The van der Waals surface area contributed by atoms with Gasteiger partial charge in [-0.1, -0.05) is 12.1 Å². The van der Waals surface area contributed by atoms with Crippen LogP contribution in [0, 0.1) is 0 Å². The van der Waals surface area contributed by atoms with Crippen LogP contribution in [0.4, 0.5) is 20.5 Å². The molecule has 14 heteroatoms. The Hall–Kier alpha value is -3.91. The molecule has 0 radical (unpaired) electrons. The summed E-state index contributed by atoms with van der Waals surface area (Å²) in [5.41, 5.74) is 0.872. The number of aromatic nitrogens is 4. The van der Waals surface area contributed by atoms with Crippen molar-refractivity contribution in [3.63, 3.8) is 0 Å². The van der Waals surface area contributed by atoms with Gasteiger partial charge in [0.05, 0.1) is 37.4 Å². The van der Waals surface area contributed by atoms with Crippen molar-refractivity contribution in [3.8, 4) is 5.82 Å². The third kappa shape index (κ3) is 6.75. The van der Waals surface area contributed by atoms with Crippen LogP contribution in [0.25, 0.3) is 16.9 Å². The molecule has 2 amide bonds. The van der Waals surface area contributed by atoms with Crippen LogP contribution in [0.1, 0.15) is 19.2 Å². The molecule has 0 bridgehead atoms. The Morgan fingerprint density at radius 2 is 1.87 bits per heavy atom. The molecular formula is C25H32F2N8O4. The van der Waals surface area contributed by atoms with Crippen LogP contribution in [-0.2, 0) is 19.1 Å². The molecule has 1 aromatic carbocycles. The third-order valence-electron chi connectivity index (χ3n) is 6.15. The largest absolute Gasteiger partial charge is 0.383 e. The maximum Gasteiger partial charge on any atom is 0.296 e. The summed E-state index contributed by atoms with van der Waals surface area (Å²) >= 11 is 0. The Bertz CT molecular complexity index is 1300. The number of carbonyl (C=O) groups is 2. The molecular weight excluding hydrogens is 514 g/mol. The highest BCUT2D eigenvalue weighted by atomic mass is 19.3. The molecule has 0 unspecified atom stereocenters. The zero-order valence-corrected chi connectivity index (χ0v) is 22.1. The van der Waals surface area contributed by atoms with E-state index in [0.717, 1.165) is 0 Å². The van der Waals surface area contributed by atoms with E-state index < -0.39 is 18.3 Å². The highest BCUT2D eigenvalue weighted by molar-refractivity contribution is 5.88. The summed E-state index contributed by atoms with van der Waals surface area (Å²) in [6.07, 6.45) is -2.85. The normalized spacial score (nSPS) is 14.5. The van der Waals surface area contributed by atoms with E-state index in [1.165, 1.54) is 23.6 Å². The first-order valence-electron chi connectivity index (χ1n) is 12.5. The molecule has 2 aromatic heterocycles. The van der Waals surface area contributed by atoms with Gasteiger partial charge in [0.1, 0.15) is 17.7 Å². The molecule has 2 N–H and O–H groups in total. The minimum atomic E-state index is -2.85. The zero-order chi connectivity index (χ0) is 27.9. The van der Waals surface area contributed by atoms with Crippen LogP contribution >= 0.6 is 0 Å². The number of hydrogen-bond donors (Lipinski definition) is 2. The van der Waals surface area contributed by atoms with Crippen molar-refractivity contribution in [2.75, 3.05) is 70.4 Å². The van der Waals surface area contributed by atoms with Crippen molar-refractivity contribution in [1.82, 2.24) is 29.7 Å². The number of likely N-dealkylation sites (N-methyl/N-ethyl adjacent to an activating group) is 1. The number of hydrogen-bond acceptors (Lipinski definition) is 9. The molecule has 1 atom stereocenters. The van der Waals surface area contributed by atoms with Crippen LogP contribution < -0.4 is 15.5 Å². The molecule has 3 heterocycles. The number of anilines is 2. The van der Waals surface area contributed by atoms with Crippen molar-refractivity contribution in [2.24, 2.45) is 0 Å². The van der Waals surface area contributed by atoms with Crippen LogP contribution in [-0.4, -0.2) is 102 Å². The van der Waals surface area contributed by atoms with E-state index in [1.807, 2.05) is 4.90 Å². The van der Waals surface area contributed by atoms with Crippen LogP contribution in [0.3, 0.4) is 0 Å². The van der Waals surface area contributed by atoms with E-state index in [4.69, 9.17) is 9.47 Å². The van der Waals surface area contributed by atoms with Gasteiger partial charge in [-0.3, -0.25) is 14.2 Å². The van der Waals surface area contributed by atoms with Gasteiger partial charge in [-0.05, 0) is 19.1 Å². The van der Waals surface area contributed by atoms with Crippen molar-refractivity contribution >= 4 is 34.6 Å². The molecule has 39 heavy (non-hydrogen) atoms. The molecule has 3 aromatic rings. The summed E-state index contributed by atoms with van der Waals surface area (Å²) < 4.78 is 39.8. The SMILES string of the molecule is COCCNC(=O)CN(C)C(=O)[C@H](C)Nc1nc(N2CCOCC2)cc(-n2c(C(F)F)nc3ccccc32)n1. The quantitative estimate of drug-likeness (QED) is 0.345. The van der Waals surface area contributed by atoms with Crippen LogP contribution in [0.5, 0.6) is 0 Å². The molecule has 0 aliphatic carbocycles. The van der Waals surface area contributed by atoms with Crippen molar-refractivity contribution < 1.29 is 27.8 Å². The maximum atomic E-state index is 14.1. The van der Waals surface area contributed by atoms with E-state index in [1.54, 1.807) is 37.3 Å². The monoisotopic (exact) mass is 546 g/mol. The predicted molar refractivity (Wildman–Crippen MR) is 140 cm³/mol. The van der Waals surface area contributed by atoms with Gasteiger partial charge in [0.2, 0.25) is 17.8 Å². The molecule has 4 rings (SSSR count). The van der Waals surface area contributed by atoms with E-state index >= 15 is 0 Å². The van der Waals surface area contributed by atoms with E-state index in [9.17, 15) is 18.4 Å². The summed E-state index contributed by atoms with van der Waals surface area (Å²) in [5, 5.41) is 5.65. The summed E-state index contributed by atoms with van der Waals surface area (Å²) in [4.78, 5) is 41.5. The Balaban J connectivity index is 1.63. The number of rotatable bonds is 11. The smallest absolute Gasteiger partial charge is 0.296 e. The van der Waals surface area contributed by atoms with Crippen molar-refractivity contribution in [2.45, 2.75) is 19.4 Å². The Labute approximate surface area is 224 Å². The highest BCUT2D eigenvalue weighted by Gasteiger charge is 2.25. The van der Waals surface area contributed by atoms with Crippen LogP contribution in [0.15, 0.2) is 30.3 Å². The molecule has 0 spiro atoms. The minimum absolute atomic E-state index is 0.0748. The molecule has 1 fully saturated rings. The lowest BCUT2D eigenvalue weighted by atomic mass is 10.3. The number of ether oxygens (including phenoxy) is 2. The first-order chi connectivity index (χ1) is 18.8. The standard InChI is InChI=1S/C25H32F2N8O4/c1-16(24(37)33(2)15-21(36)28-8-11-38-3)29-25-31-19(34-9-12-39-13-10-34)14-20(32-25)35-18-7-5-4-6-17(18)30-23(35)22(26)27/h4-7,14,16,22H,8-13,15H2,1-3H3,(H,28,36)(H,29,31,32)/t16-/m0/s1. The topological polar surface area (TPSA) is 127 Å². The molecule has 1 saturated heterocycles. The number of benzene rings is 1. The second-order valence-electron chi connectivity index (χ2n) is 9.01. The Kier molecular flexibility index (Phi) is 9.19. The van der Waals surface area contributed by atoms with Gasteiger partial charge in [-0.25, -0.2) is 13.8 Å². The average Bonchev–Trinajstić information content (AvgIpc) is 3.33. The number of methoxy groups -OCH3 is 1. The fraction of sp³-hybridized carbons (Fsp3) is 0.480. The predicted octanol–water partition coefficient (Wildman–Crippen LogP) is 1.61. The number of para-hydroxylation sites is 2. The first-order valence-corrected chi connectivity index (χ1v) is 12.5. The Morgan fingerprint density at radius 1 is 1.15 bits per heavy atom. The van der Waals surface area contributed by atoms with Gasteiger partial charge in [-0.2, -0.15) is 9.97 Å². The fourth-order valence-corrected chi connectivity index (χ4v) is 4.22. The number of nitrogens with zero attached hydrogens (tertiary/aromatic N) is 6. The maximum absolute atomic E-state index is 14.1. The second-order valence-corrected chi connectivity index (χ2v) is 9.01. The number of nitrogens with one attached hydrogen (secondary N) is 2. The van der Waals surface area contributed by atoms with Gasteiger partial charge in [0, 0.05) is 39.9 Å². The number of morpholine rings is 1. The van der Waals surface area contributed by atoms with E-state index in [0.29, 0.717) is 56.3 Å². The lowest BCUT2D eigenvalue weighted by Gasteiger charge is -2.29. The highest BCUT2D eigenvalue weighted by Crippen LogP contribution is 2.29. The number of carbonyl (C=O) groups excluding carboxylic acids is 2. The lowest BCUT2D eigenvalue weighted by molar-refractivity contribution is -0.135. The number of amides is 2. The lowest BCUT2D eigenvalue weighted by Crippen LogP contribution is -2.45. The van der Waals surface area contributed by atoms with Gasteiger partial charge in [0.25, 0.3) is 6.43 Å². The fourth-order valence-electron chi connectivity index (χ4n) is 4.22. The molecule has 12 nitrogen and oxygen atoms in total.